The Hall–Kier alpha value is -2.69. The van der Waals surface area contributed by atoms with Crippen molar-refractivity contribution in [2.45, 2.75) is 6.92 Å². The highest BCUT2D eigenvalue weighted by atomic mass is 16.6. The number of ether oxygens (including phenoxy) is 3. The number of nitrogens with one attached hydrogen (secondary N) is 1. The summed E-state index contributed by atoms with van der Waals surface area (Å²) in [6.07, 6.45) is 0. The highest BCUT2D eigenvalue weighted by Gasteiger charge is 2.16. The molecule has 2 aromatic carbocycles. The van der Waals surface area contributed by atoms with Gasteiger partial charge in [-0.05, 0) is 30.7 Å². The maximum absolute atomic E-state index is 12.5. The highest BCUT2D eigenvalue weighted by molar-refractivity contribution is 6.06. The van der Waals surface area contributed by atoms with Crippen LogP contribution in [0.25, 0.3) is 0 Å². The highest BCUT2D eigenvalue weighted by Crippen LogP contribution is 2.33. The van der Waals surface area contributed by atoms with Crippen LogP contribution >= 0.6 is 0 Å². The molecule has 2 aromatic rings. The Labute approximate surface area is 128 Å². The zero-order chi connectivity index (χ0) is 15.5. The molecule has 0 unspecified atom stereocenters. The lowest BCUT2D eigenvalue weighted by atomic mass is 10.1. The maximum Gasteiger partial charge on any atom is 0.259 e. The largest absolute Gasteiger partial charge is 0.496 e. The predicted molar refractivity (Wildman–Crippen MR) is 83.1 cm³/mol. The van der Waals surface area contributed by atoms with Crippen molar-refractivity contribution in [1.82, 2.24) is 0 Å². The van der Waals surface area contributed by atoms with Gasteiger partial charge in [0.05, 0.1) is 12.7 Å². The van der Waals surface area contributed by atoms with Crippen LogP contribution in [0.15, 0.2) is 36.4 Å². The lowest BCUT2D eigenvalue weighted by molar-refractivity contribution is 0.102. The fraction of sp³-hybridized carbons (Fsp3) is 0.235. The molecule has 0 saturated heterocycles. The van der Waals surface area contributed by atoms with E-state index in [1.165, 1.54) is 0 Å². The van der Waals surface area contributed by atoms with Gasteiger partial charge in [-0.25, -0.2) is 0 Å². The van der Waals surface area contributed by atoms with E-state index >= 15 is 0 Å². The molecule has 114 valence electrons. The van der Waals surface area contributed by atoms with E-state index in [-0.39, 0.29) is 5.91 Å². The molecular weight excluding hydrogens is 282 g/mol. The number of carbonyl (C=O) groups is 1. The SMILES string of the molecule is COc1c(C)cccc1C(=O)Nc1ccc2c(c1)OCCO2. The van der Waals surface area contributed by atoms with Gasteiger partial charge in [-0.2, -0.15) is 0 Å². The molecule has 1 N–H and O–H groups in total. The minimum absolute atomic E-state index is 0.225. The van der Waals surface area contributed by atoms with E-state index in [9.17, 15) is 4.79 Å². The average Bonchev–Trinajstić information content (AvgIpc) is 2.54. The van der Waals surface area contributed by atoms with Crippen LogP contribution in [0.2, 0.25) is 0 Å². The third kappa shape index (κ3) is 2.70. The van der Waals surface area contributed by atoms with Gasteiger partial charge in [0.2, 0.25) is 0 Å². The molecule has 0 saturated carbocycles. The zero-order valence-corrected chi connectivity index (χ0v) is 12.5. The molecule has 0 radical (unpaired) electrons. The van der Waals surface area contributed by atoms with Crippen molar-refractivity contribution in [3.05, 3.63) is 47.5 Å². The van der Waals surface area contributed by atoms with Gasteiger partial charge >= 0.3 is 0 Å². The third-order valence-corrected chi connectivity index (χ3v) is 3.46. The normalized spacial score (nSPS) is 12.6. The fourth-order valence-corrected chi connectivity index (χ4v) is 2.42. The smallest absolute Gasteiger partial charge is 0.259 e. The van der Waals surface area contributed by atoms with Crippen molar-refractivity contribution < 1.29 is 19.0 Å². The number of anilines is 1. The molecule has 1 amide bonds. The van der Waals surface area contributed by atoms with Crippen LogP contribution in [0.1, 0.15) is 15.9 Å². The summed E-state index contributed by atoms with van der Waals surface area (Å²) in [5.41, 5.74) is 2.06. The van der Waals surface area contributed by atoms with Crippen LogP contribution in [0, 0.1) is 6.92 Å². The van der Waals surface area contributed by atoms with E-state index in [0.717, 1.165) is 5.56 Å². The van der Waals surface area contributed by atoms with Crippen molar-refractivity contribution in [3.63, 3.8) is 0 Å². The van der Waals surface area contributed by atoms with Crippen LogP contribution in [0.3, 0.4) is 0 Å². The lowest BCUT2D eigenvalue weighted by Gasteiger charge is -2.19. The first kappa shape index (κ1) is 14.3. The Kier molecular flexibility index (Phi) is 3.87. The van der Waals surface area contributed by atoms with Gasteiger partial charge in [-0.3, -0.25) is 4.79 Å². The summed E-state index contributed by atoms with van der Waals surface area (Å²) in [7, 11) is 1.56. The van der Waals surface area contributed by atoms with Gasteiger partial charge in [0.1, 0.15) is 19.0 Å². The number of carbonyl (C=O) groups excluding carboxylic acids is 1. The second kappa shape index (κ2) is 5.97. The molecule has 1 aliphatic rings. The number of rotatable bonds is 3. The Bertz CT molecular complexity index is 712. The molecule has 5 nitrogen and oxygen atoms in total. The van der Waals surface area contributed by atoms with Crippen molar-refractivity contribution >= 4 is 11.6 Å². The Morgan fingerprint density at radius 2 is 1.91 bits per heavy atom. The molecule has 0 bridgehead atoms. The van der Waals surface area contributed by atoms with Crippen molar-refractivity contribution in [2.75, 3.05) is 25.6 Å². The molecule has 0 aliphatic carbocycles. The lowest BCUT2D eigenvalue weighted by Crippen LogP contribution is -2.17. The summed E-state index contributed by atoms with van der Waals surface area (Å²) < 4.78 is 16.3. The third-order valence-electron chi connectivity index (χ3n) is 3.46. The molecule has 0 fully saturated rings. The van der Waals surface area contributed by atoms with Crippen LogP contribution in [-0.2, 0) is 0 Å². The quantitative estimate of drug-likeness (QED) is 0.946. The van der Waals surface area contributed by atoms with E-state index < -0.39 is 0 Å². The summed E-state index contributed by atoms with van der Waals surface area (Å²) >= 11 is 0. The van der Waals surface area contributed by atoms with Gasteiger partial charge < -0.3 is 19.5 Å². The van der Waals surface area contributed by atoms with Crippen molar-refractivity contribution in [2.24, 2.45) is 0 Å². The van der Waals surface area contributed by atoms with E-state index in [0.29, 0.717) is 41.7 Å². The van der Waals surface area contributed by atoms with E-state index in [1.54, 1.807) is 31.4 Å². The van der Waals surface area contributed by atoms with Gasteiger partial charge in [0.15, 0.2) is 11.5 Å². The molecule has 0 aromatic heterocycles. The second-order valence-electron chi connectivity index (χ2n) is 4.97. The zero-order valence-electron chi connectivity index (χ0n) is 12.5. The Morgan fingerprint density at radius 1 is 1.14 bits per heavy atom. The first-order chi connectivity index (χ1) is 10.7. The number of benzene rings is 2. The number of hydrogen-bond donors (Lipinski definition) is 1. The number of para-hydroxylation sites is 1. The summed E-state index contributed by atoms with van der Waals surface area (Å²) in [4.78, 5) is 12.5. The fourth-order valence-electron chi connectivity index (χ4n) is 2.42. The monoisotopic (exact) mass is 299 g/mol. The number of fused-ring (bicyclic) bond motifs is 1. The molecule has 5 heteroatoms. The van der Waals surface area contributed by atoms with Gasteiger partial charge in [-0.1, -0.05) is 12.1 Å². The predicted octanol–water partition coefficient (Wildman–Crippen LogP) is 3.03. The summed E-state index contributed by atoms with van der Waals surface area (Å²) in [6.45, 7) is 2.95. The Morgan fingerprint density at radius 3 is 2.68 bits per heavy atom. The molecule has 0 spiro atoms. The molecule has 0 atom stereocenters. The van der Waals surface area contributed by atoms with Crippen LogP contribution in [-0.4, -0.2) is 26.2 Å². The van der Waals surface area contributed by atoms with Gasteiger partial charge in [0.25, 0.3) is 5.91 Å². The second-order valence-corrected chi connectivity index (χ2v) is 4.97. The van der Waals surface area contributed by atoms with Crippen LogP contribution < -0.4 is 19.5 Å². The topological polar surface area (TPSA) is 56.8 Å². The molecule has 3 rings (SSSR count). The van der Waals surface area contributed by atoms with Crippen LogP contribution in [0.4, 0.5) is 5.69 Å². The van der Waals surface area contributed by atoms with Gasteiger partial charge in [0, 0.05) is 11.8 Å². The standard InChI is InChI=1S/C17H17NO4/c1-11-4-3-5-13(16(11)20-2)17(19)18-12-6-7-14-15(10-12)22-9-8-21-14/h3-7,10H,8-9H2,1-2H3,(H,18,19). The average molecular weight is 299 g/mol. The number of amides is 1. The first-order valence-corrected chi connectivity index (χ1v) is 7.03. The maximum atomic E-state index is 12.5. The number of methoxy groups -OCH3 is 1. The minimum atomic E-state index is -0.225. The molecular formula is C17H17NO4. The van der Waals surface area contributed by atoms with Gasteiger partial charge in [-0.15, -0.1) is 0 Å². The van der Waals surface area contributed by atoms with Crippen LogP contribution in [0.5, 0.6) is 17.2 Å². The molecule has 1 aliphatic heterocycles. The number of hydrogen-bond acceptors (Lipinski definition) is 4. The summed E-state index contributed by atoms with van der Waals surface area (Å²) in [6, 6.07) is 10.8. The number of aryl methyl sites for hydroxylation is 1. The van der Waals surface area contributed by atoms with E-state index in [1.807, 2.05) is 19.1 Å². The Balaban J connectivity index is 1.84. The minimum Gasteiger partial charge on any atom is -0.496 e. The summed E-state index contributed by atoms with van der Waals surface area (Å²) in [5, 5.41) is 2.86. The first-order valence-electron chi connectivity index (χ1n) is 7.03. The van der Waals surface area contributed by atoms with E-state index in [4.69, 9.17) is 14.2 Å². The van der Waals surface area contributed by atoms with Crippen molar-refractivity contribution in [3.8, 4) is 17.2 Å². The summed E-state index contributed by atoms with van der Waals surface area (Å²) in [5.74, 6) is 1.69. The van der Waals surface area contributed by atoms with E-state index in [2.05, 4.69) is 5.32 Å². The molecule has 1 heterocycles. The molecule has 22 heavy (non-hydrogen) atoms. The van der Waals surface area contributed by atoms with Crippen molar-refractivity contribution in [1.29, 1.82) is 0 Å².